The second-order valence-electron chi connectivity index (χ2n) is 6.36. The van der Waals surface area contributed by atoms with Crippen molar-refractivity contribution >= 4 is 17.3 Å². The van der Waals surface area contributed by atoms with E-state index in [1.165, 1.54) is 12.4 Å². The van der Waals surface area contributed by atoms with Crippen LogP contribution >= 0.6 is 11.3 Å². The van der Waals surface area contributed by atoms with Crippen LogP contribution in [0.3, 0.4) is 0 Å². The van der Waals surface area contributed by atoms with Gasteiger partial charge in [-0.3, -0.25) is 0 Å². The molecule has 2 aliphatic rings. The van der Waals surface area contributed by atoms with Gasteiger partial charge in [0.05, 0.1) is 54.6 Å². The van der Waals surface area contributed by atoms with E-state index in [-0.39, 0.29) is 11.7 Å². The highest BCUT2D eigenvalue weighted by molar-refractivity contribution is 7.09. The first kappa shape index (κ1) is 15.9. The van der Waals surface area contributed by atoms with E-state index in [0.717, 1.165) is 30.1 Å². The lowest BCUT2D eigenvalue weighted by Crippen LogP contribution is -2.33. The normalized spacial score (nSPS) is 26.6. The van der Waals surface area contributed by atoms with Crippen molar-refractivity contribution in [1.82, 2.24) is 15.0 Å². The number of anilines is 1. The highest BCUT2D eigenvalue weighted by atomic mass is 32.1. The fourth-order valence-corrected chi connectivity index (χ4v) is 3.95. The molecule has 0 unspecified atom stereocenters. The number of aromatic nitrogens is 3. The maximum atomic E-state index is 13.0. The van der Waals surface area contributed by atoms with E-state index in [4.69, 9.17) is 9.47 Å². The molecule has 2 saturated heterocycles. The molecule has 24 heavy (non-hydrogen) atoms. The molecule has 0 aromatic carbocycles. The Hall–Kier alpha value is -1.64. The largest absolute Gasteiger partial charge is 0.370 e. The zero-order valence-electron chi connectivity index (χ0n) is 13.4. The molecule has 128 valence electrons. The van der Waals surface area contributed by atoms with Crippen molar-refractivity contribution in [2.45, 2.75) is 38.1 Å². The van der Waals surface area contributed by atoms with Crippen LogP contribution < -0.4 is 4.90 Å². The summed E-state index contributed by atoms with van der Waals surface area (Å²) in [7, 11) is 0. The first-order valence-corrected chi connectivity index (χ1v) is 8.89. The van der Waals surface area contributed by atoms with Gasteiger partial charge in [0.2, 0.25) is 5.95 Å². The molecule has 2 aliphatic heterocycles. The summed E-state index contributed by atoms with van der Waals surface area (Å²) in [6.45, 7) is 4.64. The Balaban J connectivity index is 1.33. The Morgan fingerprint density at radius 2 is 2.29 bits per heavy atom. The van der Waals surface area contributed by atoms with Crippen molar-refractivity contribution < 1.29 is 13.9 Å². The van der Waals surface area contributed by atoms with Crippen molar-refractivity contribution in [3.8, 4) is 0 Å². The minimum Gasteiger partial charge on any atom is -0.370 e. The van der Waals surface area contributed by atoms with Crippen molar-refractivity contribution in [1.29, 1.82) is 0 Å². The average Bonchev–Trinajstić information content (AvgIpc) is 3.28. The van der Waals surface area contributed by atoms with Crippen molar-refractivity contribution in [3.63, 3.8) is 0 Å². The van der Waals surface area contributed by atoms with Crippen molar-refractivity contribution in [3.05, 3.63) is 34.3 Å². The molecule has 2 aromatic heterocycles. The van der Waals surface area contributed by atoms with Gasteiger partial charge in [0, 0.05) is 18.3 Å². The Bertz CT molecular complexity index is 710. The number of nitrogens with zero attached hydrogens (tertiary/aromatic N) is 4. The van der Waals surface area contributed by atoms with Gasteiger partial charge in [0.25, 0.3) is 0 Å². The Morgan fingerprint density at radius 1 is 1.46 bits per heavy atom. The van der Waals surface area contributed by atoms with E-state index < -0.39 is 5.82 Å². The fourth-order valence-electron chi connectivity index (χ4n) is 3.36. The maximum absolute atomic E-state index is 13.0. The first-order chi connectivity index (χ1) is 11.6. The Labute approximate surface area is 143 Å². The zero-order chi connectivity index (χ0) is 16.6. The number of ether oxygens (including phenoxy) is 2. The minimum absolute atomic E-state index is 0.0843. The monoisotopic (exact) mass is 350 g/mol. The molecule has 2 aromatic rings. The third-order valence-electron chi connectivity index (χ3n) is 4.51. The number of aryl methyl sites for hydroxylation is 1. The molecule has 2 fully saturated rings. The summed E-state index contributed by atoms with van der Waals surface area (Å²) in [5.41, 5.74) is 0.770. The summed E-state index contributed by atoms with van der Waals surface area (Å²) in [6, 6.07) is 0. The van der Waals surface area contributed by atoms with Crippen LogP contribution in [0.2, 0.25) is 0 Å². The summed E-state index contributed by atoms with van der Waals surface area (Å²) in [6.07, 6.45) is 4.24. The van der Waals surface area contributed by atoms with Gasteiger partial charge in [0.1, 0.15) is 0 Å². The molecule has 0 radical (unpaired) electrons. The van der Waals surface area contributed by atoms with Gasteiger partial charge in [-0.05, 0) is 13.3 Å². The lowest BCUT2D eigenvalue weighted by Gasteiger charge is -2.23. The predicted octanol–water partition coefficient (Wildman–Crippen LogP) is 2.34. The van der Waals surface area contributed by atoms with Crippen molar-refractivity contribution in [2.75, 3.05) is 24.6 Å². The molecule has 4 heterocycles. The van der Waals surface area contributed by atoms with Gasteiger partial charge < -0.3 is 14.4 Å². The smallest absolute Gasteiger partial charge is 0.225 e. The van der Waals surface area contributed by atoms with Gasteiger partial charge >= 0.3 is 0 Å². The summed E-state index contributed by atoms with van der Waals surface area (Å²) in [5, 5.41) is 3.09. The molecule has 0 amide bonds. The molecule has 1 spiro atoms. The molecule has 0 N–H and O–H groups in total. The average molecular weight is 350 g/mol. The quantitative estimate of drug-likeness (QED) is 0.843. The molecule has 2 atom stereocenters. The van der Waals surface area contributed by atoms with Gasteiger partial charge in [-0.15, -0.1) is 11.3 Å². The first-order valence-electron chi connectivity index (χ1n) is 8.01. The molecule has 6 nitrogen and oxygen atoms in total. The van der Waals surface area contributed by atoms with Gasteiger partial charge in [0.15, 0.2) is 5.82 Å². The van der Waals surface area contributed by atoms with E-state index in [9.17, 15) is 4.39 Å². The minimum atomic E-state index is -0.421. The van der Waals surface area contributed by atoms with Crippen LogP contribution in [0.25, 0.3) is 0 Å². The van der Waals surface area contributed by atoms with E-state index >= 15 is 0 Å². The maximum Gasteiger partial charge on any atom is 0.225 e. The topological polar surface area (TPSA) is 60.4 Å². The molecule has 4 rings (SSSR count). The zero-order valence-corrected chi connectivity index (χ0v) is 14.3. The van der Waals surface area contributed by atoms with Crippen LogP contribution in [0, 0.1) is 12.7 Å². The molecular weight excluding hydrogens is 331 g/mol. The SMILES string of the molecule is Cc1nc(CO[C@H]2CO[C@@]3(CCN(c4ncc(F)cn4)C3)C2)cs1. The van der Waals surface area contributed by atoms with Gasteiger partial charge in [-0.1, -0.05) is 0 Å². The van der Waals surface area contributed by atoms with E-state index in [1.807, 2.05) is 17.2 Å². The molecular formula is C16H19FN4O2S. The standard InChI is InChI=1S/C16H19FN4O2S/c1-11-20-13(9-24-11)7-22-14-4-16(23-8-14)2-3-21(10-16)15-18-5-12(17)6-19-15/h5-6,9,14H,2-4,7-8,10H2,1H3/t14-,16+/m1/s1. The van der Waals surface area contributed by atoms with Crippen LogP contribution in [0.1, 0.15) is 23.5 Å². The third kappa shape index (κ3) is 3.26. The number of thiazole rings is 1. The summed E-state index contributed by atoms with van der Waals surface area (Å²) in [5.74, 6) is 0.134. The Morgan fingerprint density at radius 3 is 3.04 bits per heavy atom. The predicted molar refractivity (Wildman–Crippen MR) is 87.5 cm³/mol. The second kappa shape index (κ2) is 6.34. The summed E-state index contributed by atoms with van der Waals surface area (Å²) in [4.78, 5) is 14.6. The van der Waals surface area contributed by atoms with E-state index in [0.29, 0.717) is 25.7 Å². The number of hydrogen-bond acceptors (Lipinski definition) is 7. The van der Waals surface area contributed by atoms with Crippen LogP contribution in [0.15, 0.2) is 17.8 Å². The summed E-state index contributed by atoms with van der Waals surface area (Å²) >= 11 is 1.63. The van der Waals surface area contributed by atoms with E-state index in [1.54, 1.807) is 11.3 Å². The third-order valence-corrected chi connectivity index (χ3v) is 5.34. The van der Waals surface area contributed by atoms with Crippen LogP contribution in [-0.4, -0.2) is 46.4 Å². The number of halogens is 1. The molecule has 0 bridgehead atoms. The molecule has 0 aliphatic carbocycles. The molecule has 0 saturated carbocycles. The highest BCUT2D eigenvalue weighted by Gasteiger charge is 2.46. The van der Waals surface area contributed by atoms with Crippen molar-refractivity contribution in [2.24, 2.45) is 0 Å². The lowest BCUT2D eigenvalue weighted by molar-refractivity contribution is 0.00534. The molecule has 8 heteroatoms. The van der Waals surface area contributed by atoms with Crippen LogP contribution in [0.5, 0.6) is 0 Å². The number of hydrogen-bond donors (Lipinski definition) is 0. The van der Waals surface area contributed by atoms with E-state index in [2.05, 4.69) is 15.0 Å². The van der Waals surface area contributed by atoms with Crippen LogP contribution in [-0.2, 0) is 16.1 Å². The van der Waals surface area contributed by atoms with Gasteiger partial charge in [-0.2, -0.15) is 0 Å². The van der Waals surface area contributed by atoms with Crippen LogP contribution in [0.4, 0.5) is 10.3 Å². The Kier molecular flexibility index (Phi) is 4.19. The van der Waals surface area contributed by atoms with Gasteiger partial charge in [-0.25, -0.2) is 19.3 Å². The fraction of sp³-hybridized carbons (Fsp3) is 0.562. The lowest BCUT2D eigenvalue weighted by atomic mass is 9.98. The summed E-state index contributed by atoms with van der Waals surface area (Å²) < 4.78 is 25.0. The second-order valence-corrected chi connectivity index (χ2v) is 7.42. The highest BCUT2D eigenvalue weighted by Crippen LogP contribution is 2.37. The number of rotatable bonds is 4.